The number of carboxylic acids is 1. The number of rotatable bonds is 15. The maximum Gasteiger partial charge on any atom is 0.303 e. The molecule has 0 unspecified atom stereocenters. The zero-order valence-electron chi connectivity index (χ0n) is 14.3. The summed E-state index contributed by atoms with van der Waals surface area (Å²) in [6, 6.07) is 0. The summed E-state index contributed by atoms with van der Waals surface area (Å²) in [5.41, 5.74) is 0. The van der Waals surface area contributed by atoms with Gasteiger partial charge in [-0.1, -0.05) is 56.2 Å². The van der Waals surface area contributed by atoms with Crippen molar-refractivity contribution in [1.82, 2.24) is 0 Å². The van der Waals surface area contributed by atoms with Crippen LogP contribution in [0, 0.1) is 0 Å². The molecular formula is C20H34O2. The lowest BCUT2D eigenvalue weighted by Crippen LogP contribution is -1.93. The van der Waals surface area contributed by atoms with Gasteiger partial charge in [0.2, 0.25) is 0 Å². The van der Waals surface area contributed by atoms with Gasteiger partial charge in [-0.2, -0.15) is 0 Å². The van der Waals surface area contributed by atoms with Crippen molar-refractivity contribution in [3.05, 3.63) is 36.5 Å². The third kappa shape index (κ3) is 18.7. The Kier molecular flexibility index (Phi) is 16.7. The highest BCUT2D eigenvalue weighted by molar-refractivity contribution is 5.66. The summed E-state index contributed by atoms with van der Waals surface area (Å²) in [6.07, 6.45) is 26.3. The Labute approximate surface area is 137 Å². The molecule has 22 heavy (non-hydrogen) atoms. The molecule has 2 nitrogen and oxygen atoms in total. The van der Waals surface area contributed by atoms with Crippen molar-refractivity contribution in [1.29, 1.82) is 0 Å². The van der Waals surface area contributed by atoms with E-state index in [4.69, 9.17) is 5.11 Å². The van der Waals surface area contributed by atoms with Crippen LogP contribution in [0.2, 0.25) is 0 Å². The van der Waals surface area contributed by atoms with Crippen molar-refractivity contribution in [2.75, 3.05) is 0 Å². The van der Waals surface area contributed by atoms with Crippen LogP contribution in [0.3, 0.4) is 0 Å². The lowest BCUT2D eigenvalue weighted by atomic mass is 10.1. The van der Waals surface area contributed by atoms with Gasteiger partial charge in [0, 0.05) is 6.42 Å². The molecule has 0 saturated carbocycles. The number of carbonyl (C=O) groups is 1. The minimum Gasteiger partial charge on any atom is -0.481 e. The van der Waals surface area contributed by atoms with Crippen LogP contribution >= 0.6 is 0 Å². The Morgan fingerprint density at radius 1 is 0.682 bits per heavy atom. The first-order valence-electron chi connectivity index (χ1n) is 8.94. The van der Waals surface area contributed by atoms with Gasteiger partial charge in [0.1, 0.15) is 0 Å². The van der Waals surface area contributed by atoms with Gasteiger partial charge < -0.3 is 5.11 Å². The van der Waals surface area contributed by atoms with E-state index in [0.717, 1.165) is 44.9 Å². The van der Waals surface area contributed by atoms with Crippen molar-refractivity contribution in [2.45, 2.75) is 84.0 Å². The molecule has 0 saturated heterocycles. The first kappa shape index (κ1) is 20.7. The Morgan fingerprint density at radius 2 is 1.18 bits per heavy atom. The van der Waals surface area contributed by atoms with Crippen LogP contribution < -0.4 is 0 Å². The molecule has 0 aromatic rings. The molecule has 0 heterocycles. The van der Waals surface area contributed by atoms with Crippen molar-refractivity contribution in [3.8, 4) is 0 Å². The van der Waals surface area contributed by atoms with Gasteiger partial charge in [-0.15, -0.1) is 0 Å². The largest absolute Gasteiger partial charge is 0.481 e. The highest BCUT2D eigenvalue weighted by Gasteiger charge is 1.95. The summed E-state index contributed by atoms with van der Waals surface area (Å²) in [4.78, 5) is 10.3. The molecule has 2 heteroatoms. The van der Waals surface area contributed by atoms with Crippen LogP contribution in [0.5, 0.6) is 0 Å². The predicted molar refractivity (Wildman–Crippen MR) is 96.1 cm³/mol. The highest BCUT2D eigenvalue weighted by atomic mass is 16.4. The van der Waals surface area contributed by atoms with Crippen molar-refractivity contribution in [2.24, 2.45) is 0 Å². The highest BCUT2D eigenvalue weighted by Crippen LogP contribution is 2.06. The number of unbranched alkanes of at least 4 members (excludes halogenated alkanes) is 7. The number of aliphatic carboxylic acids is 1. The summed E-state index contributed by atoms with van der Waals surface area (Å²) in [6.45, 7) is 2.17. The van der Waals surface area contributed by atoms with Crippen LogP contribution in [0.15, 0.2) is 36.5 Å². The first-order chi connectivity index (χ1) is 10.8. The van der Waals surface area contributed by atoms with Crippen LogP contribution in [0.25, 0.3) is 0 Å². The number of hydrogen-bond acceptors (Lipinski definition) is 1. The molecule has 0 rings (SSSR count). The van der Waals surface area contributed by atoms with Gasteiger partial charge >= 0.3 is 5.97 Å². The van der Waals surface area contributed by atoms with E-state index in [-0.39, 0.29) is 0 Å². The molecule has 0 aromatic carbocycles. The second kappa shape index (κ2) is 17.7. The third-order valence-electron chi connectivity index (χ3n) is 3.49. The molecule has 0 amide bonds. The molecule has 0 aliphatic carbocycles. The van der Waals surface area contributed by atoms with Crippen LogP contribution in [0.1, 0.15) is 84.0 Å². The molecule has 0 aromatic heterocycles. The van der Waals surface area contributed by atoms with Crippen molar-refractivity contribution in [3.63, 3.8) is 0 Å². The van der Waals surface area contributed by atoms with E-state index >= 15 is 0 Å². The maximum absolute atomic E-state index is 10.3. The van der Waals surface area contributed by atoms with E-state index in [1.54, 1.807) is 0 Å². The van der Waals surface area contributed by atoms with E-state index in [9.17, 15) is 4.79 Å². The second-order valence-corrected chi connectivity index (χ2v) is 5.68. The molecule has 1 N–H and O–H groups in total. The maximum atomic E-state index is 10.3. The number of carboxylic acid groups (broad SMARTS) is 1. The fourth-order valence-corrected chi connectivity index (χ4v) is 2.19. The van der Waals surface area contributed by atoms with Crippen LogP contribution in [0.4, 0.5) is 0 Å². The molecule has 0 aliphatic rings. The predicted octanol–water partition coefficient (Wildman–Crippen LogP) is 6.44. The molecule has 0 atom stereocenters. The fraction of sp³-hybridized carbons (Fsp3) is 0.650. The zero-order valence-corrected chi connectivity index (χ0v) is 14.3. The van der Waals surface area contributed by atoms with Crippen LogP contribution in [-0.4, -0.2) is 11.1 Å². The average molecular weight is 306 g/mol. The minimum absolute atomic E-state index is 0.317. The monoisotopic (exact) mass is 306 g/mol. The minimum atomic E-state index is -0.676. The van der Waals surface area contributed by atoms with E-state index in [2.05, 4.69) is 43.4 Å². The van der Waals surface area contributed by atoms with Gasteiger partial charge in [0.25, 0.3) is 0 Å². The number of allylic oxidation sites excluding steroid dienone is 6. The SMILES string of the molecule is CC/C=C/CCC/C=C/CC/C=C/CCCCCCC(=O)O. The van der Waals surface area contributed by atoms with Gasteiger partial charge in [0.15, 0.2) is 0 Å². The molecule has 126 valence electrons. The van der Waals surface area contributed by atoms with Crippen molar-refractivity contribution < 1.29 is 9.90 Å². The van der Waals surface area contributed by atoms with Crippen LogP contribution in [-0.2, 0) is 4.79 Å². The topological polar surface area (TPSA) is 37.3 Å². The Morgan fingerprint density at radius 3 is 1.77 bits per heavy atom. The lowest BCUT2D eigenvalue weighted by Gasteiger charge is -1.96. The first-order valence-corrected chi connectivity index (χ1v) is 8.94. The van der Waals surface area contributed by atoms with E-state index in [1.165, 1.54) is 25.7 Å². The summed E-state index contributed by atoms with van der Waals surface area (Å²) in [7, 11) is 0. The summed E-state index contributed by atoms with van der Waals surface area (Å²) in [5.74, 6) is -0.676. The van der Waals surface area contributed by atoms with E-state index < -0.39 is 5.97 Å². The molecule has 0 aliphatic heterocycles. The normalized spacial score (nSPS) is 12.0. The summed E-state index contributed by atoms with van der Waals surface area (Å²) >= 11 is 0. The Hall–Kier alpha value is -1.31. The van der Waals surface area contributed by atoms with E-state index in [0.29, 0.717) is 6.42 Å². The fourth-order valence-electron chi connectivity index (χ4n) is 2.19. The van der Waals surface area contributed by atoms with Crippen molar-refractivity contribution >= 4 is 5.97 Å². The zero-order chi connectivity index (χ0) is 16.3. The lowest BCUT2D eigenvalue weighted by molar-refractivity contribution is -0.137. The molecule has 0 fully saturated rings. The standard InChI is InChI=1S/C20H34O2/c1-2-3-4-5-6-7-8-9-10-11-12-13-14-15-16-17-18-19-20(21)22/h3-4,8-9,12-13H,2,5-7,10-11,14-19H2,1H3,(H,21,22)/b4-3+,9-8+,13-12+. The van der Waals surface area contributed by atoms with E-state index in [1.807, 2.05) is 0 Å². The van der Waals surface area contributed by atoms with Gasteiger partial charge in [-0.05, 0) is 57.8 Å². The quantitative estimate of drug-likeness (QED) is 0.279. The second-order valence-electron chi connectivity index (χ2n) is 5.68. The Bertz CT molecular complexity index is 327. The Balaban J connectivity index is 3.23. The smallest absolute Gasteiger partial charge is 0.303 e. The summed E-state index contributed by atoms with van der Waals surface area (Å²) < 4.78 is 0. The van der Waals surface area contributed by atoms with Gasteiger partial charge in [-0.3, -0.25) is 4.79 Å². The van der Waals surface area contributed by atoms with Gasteiger partial charge in [-0.25, -0.2) is 0 Å². The molecule has 0 radical (unpaired) electrons. The number of hydrogen-bond donors (Lipinski definition) is 1. The molecule has 0 spiro atoms. The molecule has 0 bridgehead atoms. The van der Waals surface area contributed by atoms with Gasteiger partial charge in [0.05, 0.1) is 0 Å². The third-order valence-corrected chi connectivity index (χ3v) is 3.49. The summed E-state index contributed by atoms with van der Waals surface area (Å²) in [5, 5.41) is 8.52. The average Bonchev–Trinajstić information content (AvgIpc) is 2.50. The molecular weight excluding hydrogens is 272 g/mol.